The molecule has 0 bridgehead atoms. The molecule has 0 saturated carbocycles. The van der Waals surface area contributed by atoms with Crippen molar-refractivity contribution < 1.29 is 9.21 Å². The number of nitrogens with zero attached hydrogens (tertiary/aromatic N) is 1. The zero-order valence-electron chi connectivity index (χ0n) is 13.8. The van der Waals surface area contributed by atoms with E-state index in [0.717, 1.165) is 6.42 Å². The Hall–Kier alpha value is -2.64. The summed E-state index contributed by atoms with van der Waals surface area (Å²) in [6.45, 7) is 0.493. The summed E-state index contributed by atoms with van der Waals surface area (Å²) in [6.07, 6.45) is 0.765. The fraction of sp³-hybridized carbons (Fsp3) is 0.158. The molecular weight excluding hydrogens is 368 g/mol. The first kappa shape index (κ1) is 16.8. The van der Waals surface area contributed by atoms with Crippen LogP contribution in [0.2, 0.25) is 0 Å². The minimum absolute atomic E-state index is 0.0412. The van der Waals surface area contributed by atoms with Crippen molar-refractivity contribution in [2.24, 2.45) is 0 Å². The number of carbonyl (C=O) groups excluding carboxylic acids is 1. The zero-order valence-corrected chi connectivity index (χ0v) is 15.4. The molecule has 0 aliphatic carbocycles. The smallest absolute Gasteiger partial charge is 0.408 e. The van der Waals surface area contributed by atoms with Crippen LogP contribution in [0.5, 0.6) is 0 Å². The van der Waals surface area contributed by atoms with Crippen LogP contribution in [0.15, 0.2) is 62.4 Å². The van der Waals surface area contributed by atoms with Crippen molar-refractivity contribution in [3.05, 3.63) is 68.7 Å². The van der Waals surface area contributed by atoms with Gasteiger partial charge in [-0.05, 0) is 47.5 Å². The molecule has 0 radical (unpaired) electrons. The molecule has 3 aromatic heterocycles. The van der Waals surface area contributed by atoms with E-state index >= 15 is 0 Å². The Bertz CT molecular complexity index is 1090. The lowest BCUT2D eigenvalue weighted by Gasteiger charge is -2.05. The van der Waals surface area contributed by atoms with E-state index < -0.39 is 5.76 Å². The molecule has 4 aromatic rings. The van der Waals surface area contributed by atoms with Crippen LogP contribution in [0.1, 0.15) is 4.88 Å². The lowest BCUT2D eigenvalue weighted by Crippen LogP contribution is -2.32. The third kappa shape index (κ3) is 3.49. The lowest BCUT2D eigenvalue weighted by atomic mass is 10.3. The molecular formula is C19H16N2O3S2. The Balaban J connectivity index is 1.34. The maximum Gasteiger partial charge on any atom is 0.420 e. The van der Waals surface area contributed by atoms with Gasteiger partial charge in [0.25, 0.3) is 0 Å². The number of fused-ring (bicyclic) bond motifs is 1. The summed E-state index contributed by atoms with van der Waals surface area (Å²) < 4.78 is 6.49. The maximum atomic E-state index is 12.2. The Morgan fingerprint density at radius 3 is 2.88 bits per heavy atom. The summed E-state index contributed by atoms with van der Waals surface area (Å²) in [5.74, 6) is -0.715. The van der Waals surface area contributed by atoms with Crippen molar-refractivity contribution in [2.45, 2.75) is 13.0 Å². The molecule has 0 saturated heterocycles. The summed E-state index contributed by atoms with van der Waals surface area (Å²) in [5.41, 5.74) is 2.36. The fourth-order valence-electron chi connectivity index (χ4n) is 2.76. The van der Waals surface area contributed by atoms with Crippen molar-refractivity contribution in [2.75, 3.05) is 6.54 Å². The first-order valence-electron chi connectivity index (χ1n) is 8.17. The number of thiophene rings is 2. The van der Waals surface area contributed by atoms with Crippen molar-refractivity contribution in [1.82, 2.24) is 9.88 Å². The summed E-state index contributed by atoms with van der Waals surface area (Å²) in [6, 6.07) is 13.4. The summed E-state index contributed by atoms with van der Waals surface area (Å²) in [4.78, 5) is 26.5. The lowest BCUT2D eigenvalue weighted by molar-refractivity contribution is -0.121. The van der Waals surface area contributed by atoms with E-state index in [-0.39, 0.29) is 12.5 Å². The van der Waals surface area contributed by atoms with Gasteiger partial charge in [-0.1, -0.05) is 12.1 Å². The number of oxazole rings is 1. The van der Waals surface area contributed by atoms with Crippen molar-refractivity contribution in [3.63, 3.8) is 0 Å². The summed E-state index contributed by atoms with van der Waals surface area (Å²) in [7, 11) is 0. The minimum atomic E-state index is -0.514. The average molecular weight is 384 g/mol. The topological polar surface area (TPSA) is 64.2 Å². The Morgan fingerprint density at radius 1 is 1.15 bits per heavy atom. The number of carbonyl (C=O) groups is 1. The number of benzene rings is 1. The van der Waals surface area contributed by atoms with Crippen LogP contribution in [-0.2, 0) is 17.8 Å². The third-order valence-corrected chi connectivity index (χ3v) is 5.91. The molecule has 5 nitrogen and oxygen atoms in total. The minimum Gasteiger partial charge on any atom is -0.408 e. The van der Waals surface area contributed by atoms with Gasteiger partial charge in [0.05, 0.1) is 5.52 Å². The van der Waals surface area contributed by atoms with E-state index in [4.69, 9.17) is 4.42 Å². The molecule has 0 unspecified atom stereocenters. The normalized spacial score (nSPS) is 11.1. The van der Waals surface area contributed by atoms with Gasteiger partial charge >= 0.3 is 5.76 Å². The summed E-state index contributed by atoms with van der Waals surface area (Å²) in [5, 5.41) is 7.07. The van der Waals surface area contributed by atoms with Crippen LogP contribution in [0.25, 0.3) is 21.5 Å². The van der Waals surface area contributed by atoms with Gasteiger partial charge in [0, 0.05) is 21.9 Å². The molecule has 0 aliphatic rings. The standard InChI is InChI=1S/C19H16N2O3S2/c22-18(11-21-15-3-1-2-4-16(15)24-19(21)23)20-9-7-14-5-6-17(26-14)13-8-10-25-12-13/h1-6,8,10,12H,7,9,11H2,(H,20,22). The molecule has 0 atom stereocenters. The van der Waals surface area contributed by atoms with Gasteiger partial charge < -0.3 is 9.73 Å². The second kappa shape index (κ2) is 7.31. The third-order valence-electron chi connectivity index (χ3n) is 4.04. The van der Waals surface area contributed by atoms with Crippen molar-refractivity contribution in [3.8, 4) is 10.4 Å². The van der Waals surface area contributed by atoms with Crippen LogP contribution in [0.4, 0.5) is 0 Å². The molecule has 0 spiro atoms. The van der Waals surface area contributed by atoms with Gasteiger partial charge in [0.15, 0.2) is 5.58 Å². The molecule has 132 valence electrons. The number of hydrogen-bond donors (Lipinski definition) is 1. The van der Waals surface area contributed by atoms with Gasteiger partial charge in [0.1, 0.15) is 6.54 Å². The molecule has 1 aromatic carbocycles. The van der Waals surface area contributed by atoms with Gasteiger partial charge in [-0.25, -0.2) is 4.79 Å². The molecule has 1 amide bonds. The van der Waals surface area contributed by atoms with Crippen molar-refractivity contribution in [1.29, 1.82) is 0 Å². The maximum absolute atomic E-state index is 12.2. The molecule has 7 heteroatoms. The second-order valence-corrected chi connectivity index (χ2v) is 7.75. The average Bonchev–Trinajstić information content (AvgIpc) is 3.36. The second-order valence-electron chi connectivity index (χ2n) is 5.80. The highest BCUT2D eigenvalue weighted by atomic mass is 32.1. The Labute approximate surface area is 157 Å². The molecule has 4 rings (SSSR count). The van der Waals surface area contributed by atoms with E-state index in [1.54, 1.807) is 40.9 Å². The predicted octanol–water partition coefficient (Wildman–Crippen LogP) is 3.74. The van der Waals surface area contributed by atoms with E-state index in [1.165, 1.54) is 19.9 Å². The van der Waals surface area contributed by atoms with E-state index in [1.807, 2.05) is 6.07 Å². The van der Waals surface area contributed by atoms with Gasteiger partial charge in [-0.15, -0.1) is 11.3 Å². The van der Waals surface area contributed by atoms with Gasteiger partial charge in [-0.3, -0.25) is 9.36 Å². The van der Waals surface area contributed by atoms with Crippen LogP contribution in [0, 0.1) is 0 Å². The largest absolute Gasteiger partial charge is 0.420 e. The van der Waals surface area contributed by atoms with Crippen LogP contribution >= 0.6 is 22.7 Å². The molecule has 1 N–H and O–H groups in total. The van der Waals surface area contributed by atoms with E-state index in [9.17, 15) is 9.59 Å². The highest BCUT2D eigenvalue weighted by molar-refractivity contribution is 7.16. The first-order chi connectivity index (χ1) is 12.7. The molecule has 0 fully saturated rings. The number of rotatable bonds is 6. The van der Waals surface area contributed by atoms with E-state index in [2.05, 4.69) is 34.3 Å². The first-order valence-corrected chi connectivity index (χ1v) is 9.93. The van der Waals surface area contributed by atoms with Crippen molar-refractivity contribution >= 4 is 39.7 Å². The predicted molar refractivity (Wildman–Crippen MR) is 105 cm³/mol. The van der Waals surface area contributed by atoms with Crippen LogP contribution in [0.3, 0.4) is 0 Å². The number of para-hydroxylation sites is 2. The molecule has 0 aliphatic heterocycles. The number of amides is 1. The monoisotopic (exact) mass is 384 g/mol. The number of aromatic nitrogens is 1. The zero-order chi connectivity index (χ0) is 17.9. The highest BCUT2D eigenvalue weighted by Crippen LogP contribution is 2.29. The Kier molecular flexibility index (Phi) is 4.73. The van der Waals surface area contributed by atoms with Crippen LogP contribution < -0.4 is 11.1 Å². The molecule has 3 heterocycles. The van der Waals surface area contributed by atoms with E-state index in [0.29, 0.717) is 17.6 Å². The highest BCUT2D eigenvalue weighted by Gasteiger charge is 2.12. The van der Waals surface area contributed by atoms with Gasteiger partial charge in [0.2, 0.25) is 5.91 Å². The quantitative estimate of drug-likeness (QED) is 0.551. The van der Waals surface area contributed by atoms with Crippen LogP contribution in [-0.4, -0.2) is 17.0 Å². The Morgan fingerprint density at radius 2 is 2.04 bits per heavy atom. The fourth-order valence-corrected chi connectivity index (χ4v) is 4.49. The SMILES string of the molecule is O=C(Cn1c(=O)oc2ccccc21)NCCc1ccc(-c2ccsc2)s1. The molecule has 26 heavy (non-hydrogen) atoms. The summed E-state index contributed by atoms with van der Waals surface area (Å²) >= 11 is 3.42. The number of nitrogens with one attached hydrogen (secondary N) is 1. The van der Waals surface area contributed by atoms with Gasteiger partial charge in [-0.2, -0.15) is 11.3 Å². The number of hydrogen-bond acceptors (Lipinski definition) is 5.